The monoisotopic (exact) mass is 388 g/mol. The highest BCUT2D eigenvalue weighted by molar-refractivity contribution is 7.99. The van der Waals surface area contributed by atoms with Crippen LogP contribution in [0, 0.1) is 0 Å². The molecule has 0 aliphatic heterocycles. The molecular formula is C18H17ClN4O2S. The van der Waals surface area contributed by atoms with Crippen LogP contribution in [0.1, 0.15) is 6.92 Å². The number of nitrogens with zero attached hydrogens (tertiary/aromatic N) is 3. The Labute approximate surface area is 160 Å². The molecule has 1 heterocycles. The number of anilines is 1. The van der Waals surface area contributed by atoms with Gasteiger partial charge in [-0.1, -0.05) is 23.4 Å². The number of phenolic OH excluding ortho intramolecular Hbond substituents is 1. The molecule has 0 bridgehead atoms. The van der Waals surface area contributed by atoms with Gasteiger partial charge in [0.25, 0.3) is 0 Å². The lowest BCUT2D eigenvalue weighted by Crippen LogP contribution is -2.14. The minimum atomic E-state index is -0.130. The summed E-state index contributed by atoms with van der Waals surface area (Å²) in [5.74, 6) is 0.989. The molecule has 0 unspecified atom stereocenters. The second kappa shape index (κ2) is 8.25. The van der Waals surface area contributed by atoms with Crippen molar-refractivity contribution in [1.29, 1.82) is 0 Å². The number of rotatable bonds is 6. The van der Waals surface area contributed by atoms with Gasteiger partial charge in [0.15, 0.2) is 11.0 Å². The fourth-order valence-corrected chi connectivity index (χ4v) is 3.29. The molecule has 26 heavy (non-hydrogen) atoms. The second-order valence-electron chi connectivity index (χ2n) is 5.44. The number of carbonyl (C=O) groups is 1. The van der Waals surface area contributed by atoms with Crippen molar-refractivity contribution in [3.8, 4) is 17.1 Å². The fourth-order valence-electron chi connectivity index (χ4n) is 2.36. The Kier molecular flexibility index (Phi) is 5.80. The zero-order valence-electron chi connectivity index (χ0n) is 14.0. The molecule has 134 valence electrons. The van der Waals surface area contributed by atoms with Crippen molar-refractivity contribution in [2.24, 2.45) is 0 Å². The van der Waals surface area contributed by atoms with Crippen molar-refractivity contribution in [2.75, 3.05) is 11.1 Å². The number of carbonyl (C=O) groups excluding carboxylic acids is 1. The molecule has 0 atom stereocenters. The van der Waals surface area contributed by atoms with E-state index < -0.39 is 0 Å². The minimum absolute atomic E-state index is 0.130. The number of amides is 1. The molecular weight excluding hydrogens is 372 g/mol. The standard InChI is InChI=1S/C18H17ClN4O2S/c1-2-23-17(12-3-9-15(24)10-4-12)21-22-18(23)26-11-16(25)20-14-7-5-13(19)6-8-14/h3-10,24H,2,11H2,1H3,(H,20,25). The average molecular weight is 389 g/mol. The van der Waals surface area contributed by atoms with Crippen LogP contribution in [0.2, 0.25) is 5.02 Å². The molecule has 1 amide bonds. The normalized spacial score (nSPS) is 10.7. The van der Waals surface area contributed by atoms with E-state index in [4.69, 9.17) is 11.6 Å². The van der Waals surface area contributed by atoms with Crippen LogP contribution < -0.4 is 5.32 Å². The number of halogens is 1. The molecule has 6 nitrogen and oxygen atoms in total. The Bertz CT molecular complexity index is 895. The maximum atomic E-state index is 12.1. The van der Waals surface area contributed by atoms with Gasteiger partial charge in [-0.2, -0.15) is 0 Å². The van der Waals surface area contributed by atoms with E-state index in [1.807, 2.05) is 11.5 Å². The number of hydrogen-bond acceptors (Lipinski definition) is 5. The van der Waals surface area contributed by atoms with Crippen molar-refractivity contribution in [3.63, 3.8) is 0 Å². The lowest BCUT2D eigenvalue weighted by Gasteiger charge is -2.08. The predicted molar refractivity (Wildman–Crippen MR) is 104 cm³/mol. The van der Waals surface area contributed by atoms with Gasteiger partial charge < -0.3 is 15.0 Å². The maximum Gasteiger partial charge on any atom is 0.234 e. The molecule has 0 fully saturated rings. The molecule has 0 saturated heterocycles. The summed E-state index contributed by atoms with van der Waals surface area (Å²) in [6.07, 6.45) is 0. The summed E-state index contributed by atoms with van der Waals surface area (Å²) in [7, 11) is 0. The molecule has 3 rings (SSSR count). The van der Waals surface area contributed by atoms with Crippen molar-refractivity contribution < 1.29 is 9.90 Å². The third-order valence-corrected chi connectivity index (χ3v) is 4.84. The number of benzene rings is 2. The van der Waals surface area contributed by atoms with Gasteiger partial charge in [0.1, 0.15) is 5.75 Å². The lowest BCUT2D eigenvalue weighted by molar-refractivity contribution is -0.113. The largest absolute Gasteiger partial charge is 0.508 e. The van der Waals surface area contributed by atoms with Crippen LogP contribution in [0.4, 0.5) is 5.69 Å². The summed E-state index contributed by atoms with van der Waals surface area (Å²) in [5, 5.41) is 21.9. The zero-order chi connectivity index (χ0) is 18.5. The van der Waals surface area contributed by atoms with E-state index in [1.54, 1.807) is 48.5 Å². The molecule has 0 spiro atoms. The van der Waals surface area contributed by atoms with Crippen molar-refractivity contribution in [3.05, 3.63) is 53.6 Å². The van der Waals surface area contributed by atoms with Crippen LogP contribution in [0.25, 0.3) is 11.4 Å². The number of phenols is 1. The van der Waals surface area contributed by atoms with E-state index in [9.17, 15) is 9.90 Å². The Morgan fingerprint density at radius 1 is 1.15 bits per heavy atom. The number of hydrogen-bond donors (Lipinski definition) is 2. The molecule has 1 aromatic heterocycles. The first-order valence-corrected chi connectivity index (χ1v) is 9.34. The number of nitrogens with one attached hydrogen (secondary N) is 1. The van der Waals surface area contributed by atoms with E-state index in [2.05, 4.69) is 15.5 Å². The summed E-state index contributed by atoms with van der Waals surface area (Å²) in [5.41, 5.74) is 1.55. The van der Waals surface area contributed by atoms with Gasteiger partial charge in [-0.25, -0.2) is 0 Å². The third-order valence-electron chi connectivity index (χ3n) is 3.62. The Morgan fingerprint density at radius 3 is 2.50 bits per heavy atom. The molecule has 0 aliphatic rings. The molecule has 8 heteroatoms. The third kappa shape index (κ3) is 4.36. The van der Waals surface area contributed by atoms with Gasteiger partial charge in [-0.05, 0) is 55.5 Å². The number of aromatic hydroxyl groups is 1. The summed E-state index contributed by atoms with van der Waals surface area (Å²) in [6.45, 7) is 2.66. The first kappa shape index (κ1) is 18.3. The van der Waals surface area contributed by atoms with E-state index >= 15 is 0 Å². The van der Waals surface area contributed by atoms with Gasteiger partial charge in [-0.3, -0.25) is 4.79 Å². The van der Waals surface area contributed by atoms with Gasteiger partial charge >= 0.3 is 0 Å². The van der Waals surface area contributed by atoms with Crippen LogP contribution in [-0.4, -0.2) is 31.5 Å². The minimum Gasteiger partial charge on any atom is -0.508 e. The van der Waals surface area contributed by atoms with E-state index in [0.29, 0.717) is 28.2 Å². The summed E-state index contributed by atoms with van der Waals surface area (Å²) in [4.78, 5) is 12.1. The zero-order valence-corrected chi connectivity index (χ0v) is 15.6. The Hall–Kier alpha value is -2.51. The highest BCUT2D eigenvalue weighted by Gasteiger charge is 2.14. The fraction of sp³-hybridized carbons (Fsp3) is 0.167. The molecule has 3 aromatic rings. The summed E-state index contributed by atoms with van der Waals surface area (Å²) >= 11 is 7.16. The van der Waals surface area contributed by atoms with Gasteiger partial charge in [0.2, 0.25) is 5.91 Å². The van der Waals surface area contributed by atoms with Crippen molar-refractivity contribution in [2.45, 2.75) is 18.6 Å². The highest BCUT2D eigenvalue weighted by atomic mass is 35.5. The molecule has 0 saturated carbocycles. The van der Waals surface area contributed by atoms with Crippen molar-refractivity contribution >= 4 is 35.0 Å². The first-order valence-electron chi connectivity index (χ1n) is 7.97. The maximum absolute atomic E-state index is 12.1. The molecule has 2 aromatic carbocycles. The SMILES string of the molecule is CCn1c(SCC(=O)Nc2ccc(Cl)cc2)nnc1-c1ccc(O)cc1. The van der Waals surface area contributed by atoms with Gasteiger partial charge in [0.05, 0.1) is 5.75 Å². The Morgan fingerprint density at radius 2 is 1.85 bits per heavy atom. The molecule has 2 N–H and O–H groups in total. The molecule has 0 radical (unpaired) electrons. The predicted octanol–water partition coefficient (Wildman–Crippen LogP) is 4.05. The van der Waals surface area contributed by atoms with Gasteiger partial charge in [-0.15, -0.1) is 10.2 Å². The second-order valence-corrected chi connectivity index (χ2v) is 6.82. The van der Waals surface area contributed by atoms with E-state index in [1.165, 1.54) is 11.8 Å². The highest BCUT2D eigenvalue weighted by Crippen LogP contribution is 2.25. The topological polar surface area (TPSA) is 80.0 Å². The van der Waals surface area contributed by atoms with E-state index in [-0.39, 0.29) is 17.4 Å². The number of thioether (sulfide) groups is 1. The number of aromatic nitrogens is 3. The first-order chi connectivity index (χ1) is 12.6. The smallest absolute Gasteiger partial charge is 0.234 e. The van der Waals surface area contributed by atoms with Crippen LogP contribution in [0.3, 0.4) is 0 Å². The van der Waals surface area contributed by atoms with Crippen LogP contribution in [0.5, 0.6) is 5.75 Å². The van der Waals surface area contributed by atoms with Gasteiger partial charge in [0, 0.05) is 22.8 Å². The van der Waals surface area contributed by atoms with E-state index in [0.717, 1.165) is 5.56 Å². The van der Waals surface area contributed by atoms with Crippen molar-refractivity contribution in [1.82, 2.24) is 14.8 Å². The Balaban J connectivity index is 1.67. The average Bonchev–Trinajstić information content (AvgIpc) is 3.05. The van der Waals surface area contributed by atoms with Crippen LogP contribution in [0.15, 0.2) is 53.7 Å². The van der Waals surface area contributed by atoms with Crippen LogP contribution >= 0.6 is 23.4 Å². The quantitative estimate of drug-likeness (QED) is 0.622. The summed E-state index contributed by atoms with van der Waals surface area (Å²) in [6, 6.07) is 13.7. The summed E-state index contributed by atoms with van der Waals surface area (Å²) < 4.78 is 1.94. The lowest BCUT2D eigenvalue weighted by atomic mass is 10.2. The van der Waals surface area contributed by atoms with Crippen LogP contribution in [-0.2, 0) is 11.3 Å². The molecule has 0 aliphatic carbocycles.